The Morgan fingerprint density at radius 1 is 0.721 bits per heavy atom. The minimum atomic E-state index is -5.50. The van der Waals surface area contributed by atoms with E-state index in [4.69, 9.17) is 9.47 Å². The monoisotopic (exact) mass is 619 g/mol. The second-order valence-electron chi connectivity index (χ2n) is 10.2. The number of hydrogen-bond acceptors (Lipinski definition) is 19. The average Bonchev–Trinajstić information content (AvgIpc) is 3.10. The highest BCUT2D eigenvalue weighted by Gasteiger charge is 2.93. The molecule has 0 aromatic heterocycles. The zero-order valence-corrected chi connectivity index (χ0v) is 22.0. The van der Waals surface area contributed by atoms with E-state index in [0.29, 0.717) is 0 Å². The lowest BCUT2D eigenvalue weighted by Crippen LogP contribution is -2.99. The summed E-state index contributed by atoms with van der Waals surface area (Å²) in [5.41, 5.74) is -8.20. The first-order chi connectivity index (χ1) is 19.4. The minimum Gasteiger partial charge on any atom is -0.493 e. The molecule has 1 aliphatic heterocycles. The lowest BCUT2D eigenvalue weighted by Gasteiger charge is -2.66. The molecular weight excluding hydrogens is 590 g/mol. The summed E-state index contributed by atoms with van der Waals surface area (Å²) < 4.78 is 9.95. The Balaban J connectivity index is 1.99. The smallest absolute Gasteiger partial charge is 0.294 e. The summed E-state index contributed by atoms with van der Waals surface area (Å²) in [6, 6.07) is 6.45. The fraction of sp³-hybridized carbons (Fsp3) is 0.458. The Morgan fingerprint density at radius 3 is 1.60 bits per heavy atom. The van der Waals surface area contributed by atoms with E-state index in [1.807, 2.05) is 0 Å². The predicted molar refractivity (Wildman–Crippen MR) is 129 cm³/mol. The number of methoxy groups -OCH3 is 2. The van der Waals surface area contributed by atoms with Gasteiger partial charge in [0.1, 0.15) is 5.92 Å². The van der Waals surface area contributed by atoms with Crippen molar-refractivity contribution in [2.24, 2.45) is 5.92 Å². The summed E-state index contributed by atoms with van der Waals surface area (Å²) >= 11 is 0. The zero-order chi connectivity index (χ0) is 33.0. The highest BCUT2D eigenvalue weighted by atomic mass is 16.7. The van der Waals surface area contributed by atoms with E-state index < -0.39 is 79.8 Å². The number of carbonyl (C=O) groups excluding carboxylic acids is 1. The van der Waals surface area contributed by atoms with Crippen LogP contribution >= 0.6 is 0 Å². The van der Waals surface area contributed by atoms with Crippen LogP contribution in [0.3, 0.4) is 0 Å². The fourth-order valence-electron chi connectivity index (χ4n) is 5.55. The van der Waals surface area contributed by atoms with E-state index in [1.165, 1.54) is 6.07 Å². The molecule has 0 saturated carbocycles. The van der Waals surface area contributed by atoms with Gasteiger partial charge in [-0.3, -0.25) is 4.79 Å². The number of fused-ring (bicyclic) bond motifs is 1. The van der Waals surface area contributed by atoms with E-state index in [2.05, 4.69) is 0 Å². The number of likely N-dealkylation sites (tertiary alicyclic amines) is 1. The molecule has 1 fully saturated rings. The summed E-state index contributed by atoms with van der Waals surface area (Å²) in [6.45, 7) is 0. The van der Waals surface area contributed by atoms with Gasteiger partial charge in [0.2, 0.25) is 17.2 Å². The van der Waals surface area contributed by atoms with Crippen molar-refractivity contribution in [1.82, 2.24) is 4.90 Å². The third-order valence-corrected chi connectivity index (χ3v) is 7.83. The van der Waals surface area contributed by atoms with Crippen LogP contribution in [-0.2, 0) is 11.7 Å². The van der Waals surface area contributed by atoms with Crippen LogP contribution in [0.15, 0.2) is 42.5 Å². The number of ketones is 1. The number of benzene rings is 2. The number of aliphatic hydroxyl groups is 15. The van der Waals surface area contributed by atoms with Gasteiger partial charge in [-0.15, -0.1) is 4.90 Å². The molecule has 4 rings (SSSR count). The number of nitrogens with zero attached hydrogens (tertiary/aromatic N) is 1. The Kier molecular flexibility index (Phi) is 7.12. The molecule has 1 heterocycles. The van der Waals surface area contributed by atoms with Gasteiger partial charge in [0.25, 0.3) is 29.3 Å². The van der Waals surface area contributed by atoms with Gasteiger partial charge >= 0.3 is 0 Å². The maximum Gasteiger partial charge on any atom is 0.294 e. The molecule has 19 nitrogen and oxygen atoms in total. The van der Waals surface area contributed by atoms with Crippen LogP contribution in [0.4, 0.5) is 0 Å². The van der Waals surface area contributed by atoms with Gasteiger partial charge < -0.3 is 86.1 Å². The highest BCUT2D eigenvalue weighted by molar-refractivity contribution is 6.04. The Morgan fingerprint density at radius 2 is 1.16 bits per heavy atom. The van der Waals surface area contributed by atoms with Crippen LogP contribution < -0.4 is 9.47 Å². The van der Waals surface area contributed by atoms with Crippen LogP contribution in [0.25, 0.3) is 0 Å². The molecule has 2 aliphatic rings. The van der Waals surface area contributed by atoms with Crippen molar-refractivity contribution < 1.29 is 90.9 Å². The molecule has 0 bridgehead atoms. The molecule has 1 aliphatic carbocycles. The molecular formula is C24H29NO18. The molecule has 1 saturated heterocycles. The van der Waals surface area contributed by atoms with Crippen molar-refractivity contribution in [3.8, 4) is 11.5 Å². The quantitative estimate of drug-likeness (QED) is 0.133. The largest absolute Gasteiger partial charge is 0.493 e. The molecule has 2 aromatic rings. The first kappa shape index (κ1) is 33.0. The first-order valence-corrected chi connectivity index (χ1v) is 11.9. The molecule has 0 spiro atoms. The van der Waals surface area contributed by atoms with Crippen molar-refractivity contribution in [1.29, 1.82) is 0 Å². The Bertz CT molecular complexity index is 1410. The lowest BCUT2D eigenvalue weighted by atomic mass is 9.64. The number of ether oxygens (including phenoxy) is 2. The van der Waals surface area contributed by atoms with Crippen LogP contribution in [0.1, 0.15) is 21.5 Å². The van der Waals surface area contributed by atoms with Crippen molar-refractivity contribution in [3.63, 3.8) is 0 Å². The van der Waals surface area contributed by atoms with Gasteiger partial charge in [-0.25, -0.2) is 0 Å². The first-order valence-electron chi connectivity index (χ1n) is 11.9. The second-order valence-corrected chi connectivity index (χ2v) is 10.2. The van der Waals surface area contributed by atoms with Gasteiger partial charge in [0.05, 0.1) is 14.2 Å². The molecule has 43 heavy (non-hydrogen) atoms. The molecule has 1 unspecified atom stereocenters. The molecule has 15 N–H and O–H groups in total. The fourth-order valence-corrected chi connectivity index (χ4v) is 5.55. The molecule has 2 aromatic carbocycles. The normalized spacial score (nSPS) is 25.2. The number of piperidine rings is 1. The van der Waals surface area contributed by atoms with Gasteiger partial charge in [-0.05, 0) is 12.1 Å². The van der Waals surface area contributed by atoms with E-state index >= 15 is 0 Å². The summed E-state index contributed by atoms with van der Waals surface area (Å²) in [6.07, 6.45) is 0. The van der Waals surface area contributed by atoms with Crippen LogP contribution in [0.5, 0.6) is 11.5 Å². The number of carbonyl (C=O) groups is 1. The number of rotatable bonds is 6. The van der Waals surface area contributed by atoms with Crippen LogP contribution in [0, 0.1) is 5.92 Å². The maximum atomic E-state index is 13.4. The third kappa shape index (κ3) is 3.72. The predicted octanol–water partition coefficient (Wildman–Crippen LogP) is -7.18. The van der Waals surface area contributed by atoms with Gasteiger partial charge in [-0.1, -0.05) is 30.3 Å². The summed E-state index contributed by atoms with van der Waals surface area (Å²) in [5.74, 6) is -40.4. The Labute approximate surface area is 239 Å². The van der Waals surface area contributed by atoms with E-state index in [9.17, 15) is 81.4 Å². The van der Waals surface area contributed by atoms with E-state index in [1.54, 1.807) is 0 Å². The van der Waals surface area contributed by atoms with E-state index in [0.717, 1.165) is 50.6 Å². The third-order valence-electron chi connectivity index (χ3n) is 7.83. The van der Waals surface area contributed by atoms with Crippen LogP contribution in [0.2, 0.25) is 0 Å². The maximum absolute atomic E-state index is 13.4. The summed E-state index contributed by atoms with van der Waals surface area (Å²) in [5, 5.41) is 163. The molecule has 238 valence electrons. The van der Waals surface area contributed by atoms with Crippen molar-refractivity contribution in [3.05, 3.63) is 59.2 Å². The van der Waals surface area contributed by atoms with Gasteiger partial charge in [0.15, 0.2) is 17.3 Å². The van der Waals surface area contributed by atoms with Crippen molar-refractivity contribution in [2.45, 2.75) is 46.5 Å². The average molecular weight is 619 g/mol. The molecule has 0 radical (unpaired) electrons. The Hall–Kier alpha value is -2.93. The zero-order valence-electron chi connectivity index (χ0n) is 22.0. The van der Waals surface area contributed by atoms with Crippen molar-refractivity contribution in [2.75, 3.05) is 14.2 Å². The number of hydrogen-bond donors (Lipinski definition) is 15. The molecule has 1 atom stereocenters. The second kappa shape index (κ2) is 9.29. The van der Waals surface area contributed by atoms with Gasteiger partial charge in [0, 0.05) is 16.7 Å². The SMILES string of the molecule is COc1cc2c(cc1OC)C(O)(O)C(C(O)(O)C1(O)C(O)(O)C(O)(O)N(C(O)(O)c3ccccc3)C(O)(O)C1(O)O)C2=O. The molecule has 19 heteroatoms. The lowest BCUT2D eigenvalue weighted by molar-refractivity contribution is -0.647. The number of Topliss-reactive ketones (excluding diaryl/α,β-unsaturated/α-hetero) is 1. The minimum absolute atomic E-state index is 0.255. The van der Waals surface area contributed by atoms with E-state index in [-0.39, 0.29) is 11.5 Å². The van der Waals surface area contributed by atoms with Crippen molar-refractivity contribution >= 4 is 5.78 Å². The van der Waals surface area contributed by atoms with Crippen LogP contribution in [-0.4, -0.2) is 136 Å². The summed E-state index contributed by atoms with van der Waals surface area (Å²) in [7, 11) is 2.17. The topological polar surface area (TPSA) is 342 Å². The standard InChI is InChI=1S/C24H29NO18/c1-42-13-8-11-12(9-14(13)43-2)17(27,28)16(15(11)26)18(29,30)20(33)21(34,35)23(38,39)25(24(40,41)22(20,36)37)19(31,32)10-6-4-3-5-7-10/h3-9,16,27-41H,1-2H3. The van der Waals surface area contributed by atoms with Gasteiger partial charge in [-0.2, -0.15) is 0 Å². The molecule has 0 amide bonds. The highest BCUT2D eigenvalue weighted by Crippen LogP contribution is 2.60. The summed E-state index contributed by atoms with van der Waals surface area (Å²) in [4.78, 5) is 12.0.